The zero-order valence-electron chi connectivity index (χ0n) is 29.9. The summed E-state index contributed by atoms with van der Waals surface area (Å²) in [4.78, 5) is 2.32. The minimum Gasteiger partial charge on any atom is -0.456 e. The summed E-state index contributed by atoms with van der Waals surface area (Å²) in [6, 6.07) is 73.9. The first-order chi connectivity index (χ1) is 27.3. The number of nitrogens with zero attached hydrogens (tertiary/aromatic N) is 2. The molecule has 0 fully saturated rings. The van der Waals surface area contributed by atoms with Crippen molar-refractivity contribution < 1.29 is 4.42 Å². The molecule has 9 aromatic carbocycles. The van der Waals surface area contributed by atoms with Crippen molar-refractivity contribution in [3.8, 4) is 27.9 Å². The van der Waals surface area contributed by atoms with Crippen molar-refractivity contribution in [1.29, 1.82) is 0 Å². The smallest absolute Gasteiger partial charge is 0.137 e. The molecule has 258 valence electrons. The third kappa shape index (κ3) is 5.13. The second-order valence-electron chi connectivity index (χ2n) is 14.1. The molecule has 0 aliphatic carbocycles. The molecule has 11 rings (SSSR count). The largest absolute Gasteiger partial charge is 0.456 e. The molecule has 3 heteroatoms. The highest BCUT2D eigenvalue weighted by Crippen LogP contribution is 2.42. The number of furan rings is 1. The van der Waals surface area contributed by atoms with E-state index in [1.807, 2.05) is 12.1 Å². The van der Waals surface area contributed by atoms with Crippen LogP contribution in [0.5, 0.6) is 0 Å². The fraction of sp³-hybridized carbons (Fsp3) is 0. The summed E-state index contributed by atoms with van der Waals surface area (Å²) >= 11 is 0. The Morgan fingerprint density at radius 1 is 0.364 bits per heavy atom. The minimum absolute atomic E-state index is 0.869. The van der Waals surface area contributed by atoms with E-state index in [9.17, 15) is 0 Å². The Bertz CT molecular complexity index is 3180. The molecule has 0 unspecified atom stereocenters. The Morgan fingerprint density at radius 3 is 1.73 bits per heavy atom. The molecule has 0 spiro atoms. The highest BCUT2D eigenvalue weighted by Gasteiger charge is 2.19. The molecule has 0 saturated carbocycles. The third-order valence-electron chi connectivity index (χ3n) is 11.0. The van der Waals surface area contributed by atoms with E-state index < -0.39 is 0 Å². The lowest BCUT2D eigenvalue weighted by Gasteiger charge is -2.26. The fourth-order valence-electron chi connectivity index (χ4n) is 8.45. The van der Waals surface area contributed by atoms with E-state index in [0.29, 0.717) is 0 Å². The Morgan fingerprint density at radius 2 is 0.927 bits per heavy atom. The first kappa shape index (κ1) is 31.2. The van der Waals surface area contributed by atoms with Crippen LogP contribution >= 0.6 is 0 Å². The molecule has 0 aliphatic heterocycles. The second kappa shape index (κ2) is 12.6. The van der Waals surface area contributed by atoms with E-state index in [-0.39, 0.29) is 0 Å². The van der Waals surface area contributed by atoms with E-state index in [4.69, 9.17) is 4.42 Å². The molecular weight excluding hydrogens is 669 g/mol. The average Bonchev–Trinajstić information content (AvgIpc) is 3.80. The van der Waals surface area contributed by atoms with E-state index in [0.717, 1.165) is 50.3 Å². The maximum atomic E-state index is 6.39. The predicted molar refractivity (Wildman–Crippen MR) is 231 cm³/mol. The van der Waals surface area contributed by atoms with Crippen molar-refractivity contribution in [3.05, 3.63) is 206 Å². The van der Waals surface area contributed by atoms with Crippen molar-refractivity contribution in [2.24, 2.45) is 0 Å². The number of aromatic nitrogens is 1. The number of fused-ring (bicyclic) bond motifs is 7. The van der Waals surface area contributed by atoms with Crippen LogP contribution in [-0.2, 0) is 0 Å². The number of hydrogen-bond donors (Lipinski definition) is 0. The highest BCUT2D eigenvalue weighted by molar-refractivity contribution is 6.14. The van der Waals surface area contributed by atoms with Crippen LogP contribution < -0.4 is 4.90 Å². The zero-order valence-corrected chi connectivity index (χ0v) is 29.9. The van der Waals surface area contributed by atoms with Crippen LogP contribution in [0, 0.1) is 0 Å². The average molecular weight is 703 g/mol. The molecule has 0 atom stereocenters. The predicted octanol–water partition coefficient (Wildman–Crippen LogP) is 14.6. The van der Waals surface area contributed by atoms with Crippen LogP contribution in [0.25, 0.3) is 82.5 Å². The number of hydrogen-bond acceptors (Lipinski definition) is 2. The summed E-state index contributed by atoms with van der Waals surface area (Å²) in [5, 5.41) is 7.22. The molecule has 3 nitrogen and oxygen atoms in total. The normalized spacial score (nSPS) is 11.6. The van der Waals surface area contributed by atoms with Gasteiger partial charge in [0.1, 0.15) is 11.2 Å². The molecule has 2 heterocycles. The number of rotatable bonds is 6. The van der Waals surface area contributed by atoms with Gasteiger partial charge in [-0.15, -0.1) is 0 Å². The summed E-state index contributed by atoms with van der Waals surface area (Å²) < 4.78 is 8.80. The molecule has 2 aromatic heterocycles. The summed E-state index contributed by atoms with van der Waals surface area (Å²) in [5.41, 5.74) is 13.3. The van der Waals surface area contributed by atoms with Gasteiger partial charge in [0.2, 0.25) is 0 Å². The van der Waals surface area contributed by atoms with Gasteiger partial charge in [0.15, 0.2) is 0 Å². The molecule has 0 bridgehead atoms. The van der Waals surface area contributed by atoms with Crippen LogP contribution in [0.4, 0.5) is 17.1 Å². The molecule has 0 saturated heterocycles. The van der Waals surface area contributed by atoms with Crippen molar-refractivity contribution in [2.75, 3.05) is 4.90 Å². The Hall–Kier alpha value is -7.36. The van der Waals surface area contributed by atoms with Gasteiger partial charge in [-0.05, 0) is 88.1 Å². The van der Waals surface area contributed by atoms with Gasteiger partial charge in [0.05, 0.1) is 11.0 Å². The number of anilines is 3. The topological polar surface area (TPSA) is 21.3 Å². The quantitative estimate of drug-likeness (QED) is 0.172. The Balaban J connectivity index is 1.06. The minimum atomic E-state index is 0.869. The Kier molecular flexibility index (Phi) is 7.17. The van der Waals surface area contributed by atoms with Crippen molar-refractivity contribution >= 4 is 71.6 Å². The van der Waals surface area contributed by atoms with E-state index >= 15 is 0 Å². The van der Waals surface area contributed by atoms with Crippen molar-refractivity contribution in [2.45, 2.75) is 0 Å². The molecule has 0 aliphatic rings. The summed E-state index contributed by atoms with van der Waals surface area (Å²) in [6.07, 6.45) is 0. The van der Waals surface area contributed by atoms with Crippen LogP contribution in [0.2, 0.25) is 0 Å². The van der Waals surface area contributed by atoms with Gasteiger partial charge in [-0.3, -0.25) is 0 Å². The standard InChI is InChI=1S/C52H34N2O/c1-2-14-38(15-3-1)54-49-22-8-6-17-45(49)48-21-11-20-44(52(48)54)37-26-30-40(31-27-37)53(41-32-33-47-46-18-7-9-23-50(46)55-51(47)34-41)39-28-24-36(25-29-39)43-19-10-13-35-12-4-5-16-42(35)43/h1-34H. The second-order valence-corrected chi connectivity index (χ2v) is 14.1. The van der Waals surface area contributed by atoms with Crippen molar-refractivity contribution in [3.63, 3.8) is 0 Å². The zero-order chi connectivity index (χ0) is 36.3. The molecule has 55 heavy (non-hydrogen) atoms. The molecular formula is C52H34N2O. The van der Waals surface area contributed by atoms with Gasteiger partial charge in [-0.1, -0.05) is 140 Å². The molecule has 11 aromatic rings. The van der Waals surface area contributed by atoms with Gasteiger partial charge < -0.3 is 13.9 Å². The van der Waals surface area contributed by atoms with Crippen LogP contribution in [0.3, 0.4) is 0 Å². The maximum Gasteiger partial charge on any atom is 0.137 e. The van der Waals surface area contributed by atoms with Crippen LogP contribution in [0.1, 0.15) is 0 Å². The van der Waals surface area contributed by atoms with E-state index in [1.54, 1.807) is 0 Å². The highest BCUT2D eigenvalue weighted by atomic mass is 16.3. The van der Waals surface area contributed by atoms with Gasteiger partial charge in [0.25, 0.3) is 0 Å². The first-order valence-electron chi connectivity index (χ1n) is 18.8. The molecule has 0 amide bonds. The number of para-hydroxylation sites is 4. The van der Waals surface area contributed by atoms with Gasteiger partial charge in [-0.25, -0.2) is 0 Å². The lowest BCUT2D eigenvalue weighted by atomic mass is 9.98. The van der Waals surface area contributed by atoms with E-state index in [2.05, 4.69) is 204 Å². The SMILES string of the molecule is c1ccc(-n2c3ccccc3c3cccc(-c4ccc(N(c5ccc(-c6cccc7ccccc67)cc5)c5ccc6c(c5)oc5ccccc56)cc4)c32)cc1. The molecule has 0 radical (unpaired) electrons. The lowest BCUT2D eigenvalue weighted by Crippen LogP contribution is -2.09. The number of benzene rings is 9. The monoisotopic (exact) mass is 702 g/mol. The summed E-state index contributed by atoms with van der Waals surface area (Å²) in [7, 11) is 0. The lowest BCUT2D eigenvalue weighted by molar-refractivity contribution is 0.669. The van der Waals surface area contributed by atoms with Crippen LogP contribution in [0.15, 0.2) is 211 Å². The van der Waals surface area contributed by atoms with Gasteiger partial charge in [-0.2, -0.15) is 0 Å². The van der Waals surface area contributed by atoms with Gasteiger partial charge >= 0.3 is 0 Å². The molecule has 0 N–H and O–H groups in total. The van der Waals surface area contributed by atoms with Crippen molar-refractivity contribution in [1.82, 2.24) is 4.57 Å². The Labute approximate surface area is 318 Å². The first-order valence-corrected chi connectivity index (χ1v) is 18.8. The van der Waals surface area contributed by atoms with Gasteiger partial charge in [0, 0.05) is 55.9 Å². The van der Waals surface area contributed by atoms with Crippen LogP contribution in [-0.4, -0.2) is 4.57 Å². The summed E-state index contributed by atoms with van der Waals surface area (Å²) in [6.45, 7) is 0. The summed E-state index contributed by atoms with van der Waals surface area (Å²) in [5.74, 6) is 0. The van der Waals surface area contributed by atoms with E-state index in [1.165, 1.54) is 49.3 Å². The third-order valence-corrected chi connectivity index (χ3v) is 11.0. The maximum absolute atomic E-state index is 6.39. The fourth-order valence-corrected chi connectivity index (χ4v) is 8.45.